The Kier molecular flexibility index (Phi) is 5.03. The molecule has 8 heteroatoms. The molecule has 1 N–H and O–H groups in total. The second kappa shape index (κ2) is 7.77. The Morgan fingerprint density at radius 2 is 1.96 bits per heavy atom. The van der Waals surface area contributed by atoms with Crippen molar-refractivity contribution in [3.05, 3.63) is 70.8 Å². The van der Waals surface area contributed by atoms with Gasteiger partial charge in [-0.25, -0.2) is 9.97 Å². The van der Waals surface area contributed by atoms with Gasteiger partial charge >= 0.3 is 0 Å². The number of piperazine rings is 1. The molecule has 28 heavy (non-hydrogen) atoms. The molecular formula is C20H22N6O2. The highest BCUT2D eigenvalue weighted by Gasteiger charge is 2.23. The van der Waals surface area contributed by atoms with Crippen LogP contribution in [0.4, 0.5) is 0 Å². The van der Waals surface area contributed by atoms with Crippen molar-refractivity contribution in [1.29, 1.82) is 0 Å². The molecule has 0 bridgehead atoms. The van der Waals surface area contributed by atoms with Crippen molar-refractivity contribution in [2.45, 2.75) is 6.54 Å². The number of aromatic nitrogens is 4. The molecule has 0 spiro atoms. The highest BCUT2D eigenvalue weighted by atomic mass is 16.2. The average molecular weight is 378 g/mol. The first-order valence-electron chi connectivity index (χ1n) is 9.23. The lowest BCUT2D eigenvalue weighted by Gasteiger charge is -2.34. The van der Waals surface area contributed by atoms with Crippen LogP contribution in [0.15, 0.2) is 53.8 Å². The number of nitrogens with zero attached hydrogens (tertiary/aromatic N) is 5. The van der Waals surface area contributed by atoms with Crippen LogP contribution in [0.2, 0.25) is 0 Å². The highest BCUT2D eigenvalue weighted by Crippen LogP contribution is 2.18. The molecule has 3 heterocycles. The quantitative estimate of drug-likeness (QED) is 0.735. The van der Waals surface area contributed by atoms with Crippen LogP contribution in [0.1, 0.15) is 16.2 Å². The molecule has 3 aromatic rings. The van der Waals surface area contributed by atoms with Crippen molar-refractivity contribution in [2.75, 3.05) is 26.2 Å². The van der Waals surface area contributed by atoms with Crippen molar-refractivity contribution >= 4 is 5.91 Å². The van der Waals surface area contributed by atoms with Crippen molar-refractivity contribution in [3.8, 4) is 11.3 Å². The molecule has 0 radical (unpaired) electrons. The zero-order chi connectivity index (χ0) is 19.5. The van der Waals surface area contributed by atoms with Crippen molar-refractivity contribution < 1.29 is 4.79 Å². The lowest BCUT2D eigenvalue weighted by molar-refractivity contribution is 0.0624. The fourth-order valence-electron chi connectivity index (χ4n) is 3.38. The van der Waals surface area contributed by atoms with E-state index in [9.17, 15) is 9.59 Å². The lowest BCUT2D eigenvalue weighted by atomic mass is 10.1. The second-order valence-corrected chi connectivity index (χ2v) is 6.90. The summed E-state index contributed by atoms with van der Waals surface area (Å²) >= 11 is 0. The summed E-state index contributed by atoms with van der Waals surface area (Å²) in [5.41, 5.74) is 1.70. The standard InChI is InChI=1S/C20H22N6O2/c1-24-6-5-21-18(24)13-25-7-9-26(10-8-25)20(28)16-4-2-3-15(11-16)17-12-19(27)23-14-22-17/h2-6,11-12,14H,7-10,13H2,1H3,(H,22,23,27). The van der Waals surface area contributed by atoms with Gasteiger partial charge in [-0.2, -0.15) is 0 Å². The van der Waals surface area contributed by atoms with Gasteiger partial charge in [0.25, 0.3) is 11.5 Å². The van der Waals surface area contributed by atoms with Crippen LogP contribution < -0.4 is 5.56 Å². The molecule has 2 aromatic heterocycles. The molecule has 1 saturated heterocycles. The van der Waals surface area contributed by atoms with Crippen LogP contribution in [0, 0.1) is 0 Å². The number of hydrogen-bond donors (Lipinski definition) is 1. The molecule has 1 aliphatic rings. The Hall–Kier alpha value is -3.26. The molecule has 4 rings (SSSR count). The Balaban J connectivity index is 1.42. The van der Waals surface area contributed by atoms with E-state index in [1.165, 1.54) is 12.4 Å². The molecule has 1 amide bonds. The summed E-state index contributed by atoms with van der Waals surface area (Å²) in [6.07, 6.45) is 5.11. The monoisotopic (exact) mass is 378 g/mol. The topological polar surface area (TPSA) is 87.1 Å². The summed E-state index contributed by atoms with van der Waals surface area (Å²) in [5.74, 6) is 1.03. The number of nitrogens with one attached hydrogen (secondary N) is 1. The summed E-state index contributed by atoms with van der Waals surface area (Å²) in [5, 5.41) is 0. The minimum Gasteiger partial charge on any atom is -0.337 e. The average Bonchev–Trinajstić information content (AvgIpc) is 3.12. The van der Waals surface area contributed by atoms with Gasteiger partial charge in [0, 0.05) is 62.8 Å². The van der Waals surface area contributed by atoms with Crippen LogP contribution >= 0.6 is 0 Å². The molecule has 0 saturated carbocycles. The summed E-state index contributed by atoms with van der Waals surface area (Å²) in [4.78, 5) is 39.7. The number of aryl methyl sites for hydroxylation is 1. The van der Waals surface area contributed by atoms with Crippen LogP contribution in [-0.4, -0.2) is 61.4 Å². The third-order valence-electron chi connectivity index (χ3n) is 5.03. The predicted molar refractivity (Wildman–Crippen MR) is 105 cm³/mol. The number of hydrogen-bond acceptors (Lipinski definition) is 5. The van der Waals surface area contributed by atoms with Crippen molar-refractivity contribution in [1.82, 2.24) is 29.3 Å². The molecule has 0 unspecified atom stereocenters. The molecule has 0 atom stereocenters. The number of amides is 1. The molecule has 0 aliphatic carbocycles. The smallest absolute Gasteiger partial charge is 0.253 e. The summed E-state index contributed by atoms with van der Waals surface area (Å²) < 4.78 is 2.02. The zero-order valence-corrected chi connectivity index (χ0v) is 15.7. The third kappa shape index (κ3) is 3.86. The van der Waals surface area contributed by atoms with E-state index in [-0.39, 0.29) is 11.5 Å². The van der Waals surface area contributed by atoms with Gasteiger partial charge in [0.2, 0.25) is 0 Å². The molecule has 1 fully saturated rings. The van der Waals surface area contributed by atoms with E-state index in [0.717, 1.165) is 31.0 Å². The van der Waals surface area contributed by atoms with E-state index in [0.29, 0.717) is 24.3 Å². The van der Waals surface area contributed by atoms with Crippen molar-refractivity contribution in [2.24, 2.45) is 7.05 Å². The van der Waals surface area contributed by atoms with E-state index in [1.54, 1.807) is 18.3 Å². The number of rotatable bonds is 4. The summed E-state index contributed by atoms with van der Waals surface area (Å²) in [6, 6.07) is 8.70. The van der Waals surface area contributed by atoms with E-state index >= 15 is 0 Å². The summed E-state index contributed by atoms with van der Waals surface area (Å²) in [6.45, 7) is 3.77. The van der Waals surface area contributed by atoms with E-state index in [2.05, 4.69) is 19.9 Å². The number of benzene rings is 1. The van der Waals surface area contributed by atoms with Gasteiger partial charge in [-0.15, -0.1) is 0 Å². The molecule has 8 nitrogen and oxygen atoms in total. The molecular weight excluding hydrogens is 356 g/mol. The van der Waals surface area contributed by atoms with Gasteiger partial charge < -0.3 is 14.5 Å². The van der Waals surface area contributed by atoms with E-state index < -0.39 is 0 Å². The van der Waals surface area contributed by atoms with Crippen LogP contribution in [-0.2, 0) is 13.6 Å². The Morgan fingerprint density at radius 3 is 2.68 bits per heavy atom. The Labute approximate surface area is 162 Å². The van der Waals surface area contributed by atoms with Gasteiger partial charge in [-0.05, 0) is 12.1 Å². The van der Waals surface area contributed by atoms with E-state index in [4.69, 9.17) is 0 Å². The predicted octanol–water partition coefficient (Wildman–Crippen LogP) is 1.13. The number of carbonyl (C=O) groups excluding carboxylic acids is 1. The minimum atomic E-state index is -0.217. The van der Waals surface area contributed by atoms with Gasteiger partial charge in [-0.3, -0.25) is 14.5 Å². The first-order chi connectivity index (χ1) is 13.6. The second-order valence-electron chi connectivity index (χ2n) is 6.90. The fourth-order valence-corrected chi connectivity index (χ4v) is 3.38. The van der Waals surface area contributed by atoms with E-state index in [1.807, 2.05) is 34.8 Å². The molecule has 1 aliphatic heterocycles. The van der Waals surface area contributed by atoms with Crippen LogP contribution in [0.3, 0.4) is 0 Å². The Bertz CT molecular complexity index is 1030. The number of carbonyl (C=O) groups is 1. The third-order valence-corrected chi connectivity index (χ3v) is 5.03. The van der Waals surface area contributed by atoms with Gasteiger partial charge in [0.05, 0.1) is 18.6 Å². The SMILES string of the molecule is Cn1ccnc1CN1CCN(C(=O)c2cccc(-c3cc(=O)[nH]cn3)c2)CC1. The largest absolute Gasteiger partial charge is 0.337 e. The summed E-state index contributed by atoms with van der Waals surface area (Å²) in [7, 11) is 1.99. The van der Waals surface area contributed by atoms with Crippen LogP contribution in [0.25, 0.3) is 11.3 Å². The maximum Gasteiger partial charge on any atom is 0.253 e. The highest BCUT2D eigenvalue weighted by molar-refractivity contribution is 5.95. The first-order valence-corrected chi connectivity index (χ1v) is 9.23. The number of imidazole rings is 1. The minimum absolute atomic E-state index is 0.00309. The maximum atomic E-state index is 12.9. The van der Waals surface area contributed by atoms with Gasteiger partial charge in [0.1, 0.15) is 5.82 Å². The maximum absolute atomic E-state index is 12.9. The normalized spacial score (nSPS) is 15.0. The van der Waals surface area contributed by atoms with Crippen molar-refractivity contribution in [3.63, 3.8) is 0 Å². The fraction of sp³-hybridized carbons (Fsp3) is 0.300. The molecule has 1 aromatic carbocycles. The lowest BCUT2D eigenvalue weighted by Crippen LogP contribution is -2.48. The first kappa shape index (κ1) is 18.1. The number of aromatic amines is 1. The zero-order valence-electron chi connectivity index (χ0n) is 15.7. The Morgan fingerprint density at radius 1 is 1.14 bits per heavy atom. The van der Waals surface area contributed by atoms with Gasteiger partial charge in [0.15, 0.2) is 0 Å². The number of H-pyrrole nitrogens is 1. The van der Waals surface area contributed by atoms with Gasteiger partial charge in [-0.1, -0.05) is 12.1 Å². The molecule has 144 valence electrons. The van der Waals surface area contributed by atoms with Crippen LogP contribution in [0.5, 0.6) is 0 Å².